The molecular formula is C15H23NS. The Hall–Kier alpha value is -0.470. The van der Waals surface area contributed by atoms with E-state index in [1.54, 1.807) is 0 Å². The summed E-state index contributed by atoms with van der Waals surface area (Å²) < 4.78 is 0. The maximum atomic E-state index is 3.52. The van der Waals surface area contributed by atoms with Gasteiger partial charge in [0.15, 0.2) is 0 Å². The van der Waals surface area contributed by atoms with E-state index in [0.29, 0.717) is 6.04 Å². The fourth-order valence-corrected chi connectivity index (χ4v) is 4.02. The topological polar surface area (TPSA) is 12.0 Å². The minimum absolute atomic E-state index is 0.543. The molecule has 0 bridgehead atoms. The van der Waals surface area contributed by atoms with Gasteiger partial charge in [0.2, 0.25) is 0 Å². The zero-order chi connectivity index (χ0) is 12.1. The first kappa shape index (κ1) is 13.0. The largest absolute Gasteiger partial charge is 0.313 e. The lowest BCUT2D eigenvalue weighted by Gasteiger charge is -2.23. The molecule has 0 radical (unpaired) electrons. The second-order valence-corrected chi connectivity index (χ2v) is 6.03. The van der Waals surface area contributed by atoms with Gasteiger partial charge in [-0.2, -0.15) is 11.8 Å². The van der Waals surface area contributed by atoms with Gasteiger partial charge in [-0.25, -0.2) is 0 Å². The summed E-state index contributed by atoms with van der Waals surface area (Å²) in [5.41, 5.74) is 2.96. The van der Waals surface area contributed by atoms with Crippen molar-refractivity contribution in [3.8, 4) is 0 Å². The molecule has 1 aliphatic rings. The molecule has 1 heterocycles. The Balaban J connectivity index is 2.14. The lowest BCUT2D eigenvalue weighted by Crippen LogP contribution is -2.25. The Morgan fingerprint density at radius 3 is 3.00 bits per heavy atom. The third-order valence-electron chi connectivity index (χ3n) is 3.60. The number of hydrogen-bond donors (Lipinski definition) is 1. The second-order valence-electron chi connectivity index (χ2n) is 4.89. The van der Waals surface area contributed by atoms with Crippen molar-refractivity contribution < 1.29 is 0 Å². The molecule has 2 heteroatoms. The van der Waals surface area contributed by atoms with E-state index in [4.69, 9.17) is 0 Å². The van der Waals surface area contributed by atoms with Gasteiger partial charge in [-0.15, -0.1) is 0 Å². The van der Waals surface area contributed by atoms with Crippen molar-refractivity contribution in [1.29, 1.82) is 0 Å². The zero-order valence-corrected chi connectivity index (χ0v) is 11.7. The molecule has 1 aromatic rings. The molecule has 1 saturated heterocycles. The highest BCUT2D eigenvalue weighted by Crippen LogP contribution is 2.34. The van der Waals surface area contributed by atoms with E-state index >= 15 is 0 Å². The summed E-state index contributed by atoms with van der Waals surface area (Å²) in [6.07, 6.45) is 3.78. The van der Waals surface area contributed by atoms with E-state index in [1.165, 1.54) is 41.9 Å². The van der Waals surface area contributed by atoms with Crippen LogP contribution < -0.4 is 5.32 Å². The highest BCUT2D eigenvalue weighted by molar-refractivity contribution is 7.99. The first-order valence-corrected chi connectivity index (χ1v) is 7.84. The Morgan fingerprint density at radius 1 is 1.47 bits per heavy atom. The summed E-state index contributed by atoms with van der Waals surface area (Å²) >= 11 is 2.10. The standard InChI is InChI=1S/C15H23NS/c1-3-5-12-6-4-7-13(10-12)15(16-2)14-8-9-17-11-14/h4,6-7,10,14-16H,3,5,8-9,11H2,1-2H3. The molecule has 1 fully saturated rings. The van der Waals surface area contributed by atoms with E-state index in [9.17, 15) is 0 Å². The van der Waals surface area contributed by atoms with Crippen LogP contribution in [0.25, 0.3) is 0 Å². The predicted molar refractivity (Wildman–Crippen MR) is 77.7 cm³/mol. The minimum atomic E-state index is 0.543. The van der Waals surface area contributed by atoms with Crippen LogP contribution in [0.5, 0.6) is 0 Å². The third kappa shape index (κ3) is 3.26. The Morgan fingerprint density at radius 2 is 2.35 bits per heavy atom. The van der Waals surface area contributed by atoms with Crippen LogP contribution in [0.3, 0.4) is 0 Å². The van der Waals surface area contributed by atoms with Crippen molar-refractivity contribution in [3.05, 3.63) is 35.4 Å². The summed E-state index contributed by atoms with van der Waals surface area (Å²) in [5.74, 6) is 3.45. The average Bonchev–Trinajstić information content (AvgIpc) is 2.85. The summed E-state index contributed by atoms with van der Waals surface area (Å²) in [5, 5.41) is 3.52. The molecule has 1 aromatic carbocycles. The number of aryl methyl sites for hydroxylation is 1. The van der Waals surface area contributed by atoms with Crippen molar-refractivity contribution in [2.24, 2.45) is 5.92 Å². The zero-order valence-electron chi connectivity index (χ0n) is 10.9. The molecular weight excluding hydrogens is 226 g/mol. The molecule has 17 heavy (non-hydrogen) atoms. The Bertz CT molecular complexity index is 345. The number of thioether (sulfide) groups is 1. The fourth-order valence-electron chi connectivity index (χ4n) is 2.72. The Labute approximate surface area is 109 Å². The highest BCUT2D eigenvalue weighted by atomic mass is 32.2. The number of rotatable bonds is 5. The first-order chi connectivity index (χ1) is 8.35. The SMILES string of the molecule is CCCc1cccc(C(NC)C2CCSC2)c1. The monoisotopic (exact) mass is 249 g/mol. The van der Waals surface area contributed by atoms with E-state index < -0.39 is 0 Å². The molecule has 2 unspecified atom stereocenters. The normalized spacial score (nSPS) is 21.6. The molecule has 2 rings (SSSR count). The first-order valence-electron chi connectivity index (χ1n) is 6.69. The van der Waals surface area contributed by atoms with Gasteiger partial charge in [-0.1, -0.05) is 37.6 Å². The van der Waals surface area contributed by atoms with Gasteiger partial charge in [0.05, 0.1) is 0 Å². The third-order valence-corrected chi connectivity index (χ3v) is 4.78. The summed E-state index contributed by atoms with van der Waals surface area (Å²) in [7, 11) is 2.10. The number of benzene rings is 1. The van der Waals surface area contributed by atoms with Gasteiger partial charge in [-0.05, 0) is 48.4 Å². The molecule has 94 valence electrons. The summed E-state index contributed by atoms with van der Waals surface area (Å²) in [6.45, 7) is 2.25. The molecule has 0 aromatic heterocycles. The van der Waals surface area contributed by atoms with Crippen LogP contribution >= 0.6 is 11.8 Å². The van der Waals surface area contributed by atoms with Crippen LogP contribution in [0, 0.1) is 5.92 Å². The lowest BCUT2D eigenvalue weighted by atomic mass is 9.91. The van der Waals surface area contributed by atoms with Gasteiger partial charge < -0.3 is 5.32 Å². The van der Waals surface area contributed by atoms with Crippen LogP contribution in [-0.4, -0.2) is 18.6 Å². The van der Waals surface area contributed by atoms with Crippen LogP contribution in [0.2, 0.25) is 0 Å². The van der Waals surface area contributed by atoms with E-state index in [2.05, 4.69) is 55.3 Å². The molecule has 1 N–H and O–H groups in total. The summed E-state index contributed by atoms with van der Waals surface area (Å²) in [6, 6.07) is 9.69. The Kier molecular flexibility index (Phi) is 4.93. The van der Waals surface area contributed by atoms with Crippen molar-refractivity contribution in [1.82, 2.24) is 5.32 Å². The molecule has 1 aliphatic heterocycles. The van der Waals surface area contributed by atoms with Crippen molar-refractivity contribution in [2.45, 2.75) is 32.2 Å². The van der Waals surface area contributed by atoms with Gasteiger partial charge in [-0.3, -0.25) is 0 Å². The minimum Gasteiger partial charge on any atom is -0.313 e. The van der Waals surface area contributed by atoms with E-state index in [0.717, 1.165) is 5.92 Å². The van der Waals surface area contributed by atoms with Crippen molar-refractivity contribution in [3.63, 3.8) is 0 Å². The van der Waals surface area contributed by atoms with E-state index in [-0.39, 0.29) is 0 Å². The highest BCUT2D eigenvalue weighted by Gasteiger charge is 2.25. The van der Waals surface area contributed by atoms with Crippen LogP contribution in [0.15, 0.2) is 24.3 Å². The van der Waals surface area contributed by atoms with Crippen LogP contribution in [-0.2, 0) is 6.42 Å². The molecule has 0 saturated carbocycles. The van der Waals surface area contributed by atoms with Gasteiger partial charge >= 0.3 is 0 Å². The molecule has 1 nitrogen and oxygen atoms in total. The van der Waals surface area contributed by atoms with Crippen molar-refractivity contribution >= 4 is 11.8 Å². The maximum absolute atomic E-state index is 3.52. The molecule has 0 aliphatic carbocycles. The van der Waals surface area contributed by atoms with Crippen molar-refractivity contribution in [2.75, 3.05) is 18.6 Å². The maximum Gasteiger partial charge on any atom is 0.0354 e. The number of hydrogen-bond acceptors (Lipinski definition) is 2. The van der Waals surface area contributed by atoms with Crippen LogP contribution in [0.1, 0.15) is 36.9 Å². The quantitative estimate of drug-likeness (QED) is 0.855. The van der Waals surface area contributed by atoms with Gasteiger partial charge in [0.25, 0.3) is 0 Å². The van der Waals surface area contributed by atoms with Crippen LogP contribution in [0.4, 0.5) is 0 Å². The summed E-state index contributed by atoms with van der Waals surface area (Å²) in [4.78, 5) is 0. The number of nitrogens with one attached hydrogen (secondary N) is 1. The molecule has 2 atom stereocenters. The van der Waals surface area contributed by atoms with Gasteiger partial charge in [0, 0.05) is 6.04 Å². The van der Waals surface area contributed by atoms with E-state index in [1.807, 2.05) is 0 Å². The smallest absolute Gasteiger partial charge is 0.0354 e. The molecule has 0 spiro atoms. The predicted octanol–water partition coefficient (Wildman–Crippen LogP) is 3.65. The second kappa shape index (κ2) is 6.46. The van der Waals surface area contributed by atoms with Gasteiger partial charge in [0.1, 0.15) is 0 Å². The fraction of sp³-hybridized carbons (Fsp3) is 0.600. The lowest BCUT2D eigenvalue weighted by molar-refractivity contribution is 0.419. The average molecular weight is 249 g/mol. The molecule has 0 amide bonds.